The zero-order valence-electron chi connectivity index (χ0n) is 8.01. The summed E-state index contributed by atoms with van der Waals surface area (Å²) < 4.78 is 102. The second kappa shape index (κ2) is 4.66. The molecule has 0 bridgehead atoms. The van der Waals surface area contributed by atoms with Crippen molar-refractivity contribution < 1.29 is 45.0 Å². The van der Waals surface area contributed by atoms with E-state index in [1.165, 1.54) is 0 Å². The summed E-state index contributed by atoms with van der Waals surface area (Å²) in [5, 5.41) is -9.95. The van der Waals surface area contributed by atoms with Crippen LogP contribution in [0.3, 0.4) is 0 Å². The van der Waals surface area contributed by atoms with Crippen LogP contribution in [0.4, 0.5) is 35.1 Å². The maximum Gasteiger partial charge on any atom is 0.395 e. The molecular formula is C6HCl3F8O2. The van der Waals surface area contributed by atoms with Gasteiger partial charge >= 0.3 is 33.5 Å². The van der Waals surface area contributed by atoms with E-state index in [0.29, 0.717) is 0 Å². The summed E-state index contributed by atoms with van der Waals surface area (Å²) in [6.07, 6.45) is 0. The molecule has 0 aliphatic carbocycles. The van der Waals surface area contributed by atoms with Crippen LogP contribution in [0, 0.1) is 0 Å². The molecule has 0 spiro atoms. The van der Waals surface area contributed by atoms with Gasteiger partial charge in [0.15, 0.2) is 0 Å². The standard InChI is InChI=1S/C6HCl3F8O2/c7-3(12,2(10,11)1(18)19)5(14,15)4(8,13)6(9,16)17/h(H,18,19)/t3-,4-/m0/s1. The average molecular weight is 363 g/mol. The Bertz CT molecular complexity index is 377. The highest BCUT2D eigenvalue weighted by Crippen LogP contribution is 2.59. The molecule has 0 unspecified atom stereocenters. The number of halogens is 11. The highest BCUT2D eigenvalue weighted by molar-refractivity contribution is 6.34. The van der Waals surface area contributed by atoms with Gasteiger partial charge in [0.25, 0.3) is 0 Å². The number of alkyl halides is 11. The average Bonchev–Trinajstić information content (AvgIpc) is 2.14. The molecule has 19 heavy (non-hydrogen) atoms. The largest absolute Gasteiger partial charge is 0.477 e. The van der Waals surface area contributed by atoms with E-state index in [1.54, 1.807) is 0 Å². The van der Waals surface area contributed by atoms with Crippen molar-refractivity contribution in [3.05, 3.63) is 0 Å². The van der Waals surface area contributed by atoms with Gasteiger partial charge in [-0.2, -0.15) is 26.3 Å². The fourth-order valence-corrected chi connectivity index (χ4v) is 1.21. The van der Waals surface area contributed by atoms with Crippen LogP contribution in [-0.2, 0) is 4.79 Å². The Labute approximate surface area is 114 Å². The Kier molecular flexibility index (Phi) is 4.61. The molecule has 0 heterocycles. The van der Waals surface area contributed by atoms with Crippen LogP contribution in [-0.4, -0.2) is 38.6 Å². The number of carboxylic acid groups (broad SMARTS) is 1. The Morgan fingerprint density at radius 2 is 1.11 bits per heavy atom. The predicted octanol–water partition coefficient (Wildman–Crippen LogP) is 3.98. The summed E-state index contributed by atoms with van der Waals surface area (Å²) in [7, 11) is 0. The predicted molar refractivity (Wildman–Crippen MR) is 47.7 cm³/mol. The zero-order valence-corrected chi connectivity index (χ0v) is 10.3. The topological polar surface area (TPSA) is 37.3 Å². The Balaban J connectivity index is 5.99. The Morgan fingerprint density at radius 3 is 1.32 bits per heavy atom. The van der Waals surface area contributed by atoms with Gasteiger partial charge in [-0.3, -0.25) is 0 Å². The van der Waals surface area contributed by atoms with Gasteiger partial charge in [0.05, 0.1) is 0 Å². The lowest BCUT2D eigenvalue weighted by molar-refractivity contribution is -0.265. The van der Waals surface area contributed by atoms with E-state index < -0.39 is 33.5 Å². The van der Waals surface area contributed by atoms with Gasteiger partial charge in [0, 0.05) is 0 Å². The van der Waals surface area contributed by atoms with Crippen molar-refractivity contribution in [1.29, 1.82) is 0 Å². The molecule has 2 atom stereocenters. The van der Waals surface area contributed by atoms with Crippen molar-refractivity contribution in [3.63, 3.8) is 0 Å². The first-order valence-corrected chi connectivity index (χ1v) is 4.89. The van der Waals surface area contributed by atoms with E-state index in [4.69, 9.17) is 5.11 Å². The molecular weight excluding hydrogens is 362 g/mol. The molecule has 0 aromatic rings. The summed E-state index contributed by atoms with van der Waals surface area (Å²) in [5.74, 6) is -16.3. The minimum atomic E-state index is -6.57. The van der Waals surface area contributed by atoms with Gasteiger partial charge < -0.3 is 5.11 Å². The molecule has 0 rings (SSSR count). The lowest BCUT2D eigenvalue weighted by Gasteiger charge is -2.38. The molecule has 0 saturated heterocycles. The van der Waals surface area contributed by atoms with Crippen LogP contribution in [0.2, 0.25) is 0 Å². The van der Waals surface area contributed by atoms with Gasteiger partial charge in [-0.15, -0.1) is 0 Å². The highest BCUT2D eigenvalue weighted by Gasteiger charge is 2.85. The lowest BCUT2D eigenvalue weighted by atomic mass is 10.0. The molecule has 114 valence electrons. The third-order valence-electron chi connectivity index (χ3n) is 1.81. The number of hydrogen-bond donors (Lipinski definition) is 1. The first-order valence-electron chi connectivity index (χ1n) is 3.76. The molecule has 0 aromatic heterocycles. The minimum Gasteiger partial charge on any atom is -0.477 e. The third-order valence-corrected chi connectivity index (χ3v) is 3.11. The van der Waals surface area contributed by atoms with Crippen LogP contribution < -0.4 is 0 Å². The zero-order chi connectivity index (χ0) is 16.1. The van der Waals surface area contributed by atoms with Crippen LogP contribution in [0.5, 0.6) is 0 Å². The molecule has 0 radical (unpaired) electrons. The fourth-order valence-electron chi connectivity index (χ4n) is 0.707. The van der Waals surface area contributed by atoms with Gasteiger partial charge in [0.2, 0.25) is 0 Å². The number of carboxylic acids is 1. The van der Waals surface area contributed by atoms with Crippen LogP contribution in [0.25, 0.3) is 0 Å². The molecule has 0 aliphatic heterocycles. The molecule has 0 saturated carbocycles. The summed E-state index contributed by atoms with van der Waals surface area (Å²) in [6.45, 7) is 0. The van der Waals surface area contributed by atoms with Gasteiger partial charge in [-0.1, -0.05) is 23.2 Å². The van der Waals surface area contributed by atoms with Crippen molar-refractivity contribution in [3.8, 4) is 0 Å². The first kappa shape index (κ1) is 18.8. The maximum absolute atomic E-state index is 13.1. The highest BCUT2D eigenvalue weighted by atomic mass is 35.5. The van der Waals surface area contributed by atoms with Crippen molar-refractivity contribution in [2.24, 2.45) is 0 Å². The molecule has 13 heteroatoms. The minimum absolute atomic E-state index is 3.56. The molecule has 1 N–H and O–H groups in total. The summed E-state index contributed by atoms with van der Waals surface area (Å²) in [5.41, 5.74) is 0. The quantitative estimate of drug-likeness (QED) is 0.593. The van der Waals surface area contributed by atoms with Crippen LogP contribution >= 0.6 is 34.8 Å². The number of hydrogen-bond acceptors (Lipinski definition) is 1. The summed E-state index contributed by atoms with van der Waals surface area (Å²) in [4.78, 5) is 9.90. The summed E-state index contributed by atoms with van der Waals surface area (Å²) >= 11 is 11.7. The second-order valence-corrected chi connectivity index (χ2v) is 4.62. The van der Waals surface area contributed by atoms with Crippen molar-refractivity contribution in [2.75, 3.05) is 0 Å². The monoisotopic (exact) mass is 362 g/mol. The van der Waals surface area contributed by atoms with Gasteiger partial charge in [-0.05, 0) is 11.6 Å². The third kappa shape index (κ3) is 2.54. The Hall–Kier alpha value is -0.220. The number of aliphatic carboxylic acids is 1. The van der Waals surface area contributed by atoms with E-state index >= 15 is 0 Å². The maximum atomic E-state index is 13.1. The van der Waals surface area contributed by atoms with Crippen LogP contribution in [0.1, 0.15) is 0 Å². The second-order valence-electron chi connectivity index (χ2n) is 3.10. The molecule has 0 fully saturated rings. The van der Waals surface area contributed by atoms with E-state index in [-0.39, 0.29) is 0 Å². The van der Waals surface area contributed by atoms with Crippen molar-refractivity contribution >= 4 is 40.8 Å². The number of carbonyl (C=O) groups is 1. The molecule has 2 nitrogen and oxygen atoms in total. The van der Waals surface area contributed by atoms with Crippen molar-refractivity contribution in [2.45, 2.75) is 27.5 Å². The summed E-state index contributed by atoms with van der Waals surface area (Å²) in [6, 6.07) is 0. The SMILES string of the molecule is O=C(O)C(F)(F)[C@@](F)(Cl)C(F)(F)[C@@](F)(Cl)C(F)(F)Cl. The van der Waals surface area contributed by atoms with Gasteiger partial charge in [0.1, 0.15) is 0 Å². The normalized spacial score (nSPS) is 20.6. The van der Waals surface area contributed by atoms with E-state index in [1.807, 2.05) is 0 Å². The lowest BCUT2D eigenvalue weighted by Crippen LogP contribution is -2.66. The molecule has 0 aromatic carbocycles. The molecule has 0 amide bonds. The number of rotatable bonds is 5. The van der Waals surface area contributed by atoms with E-state index in [0.717, 1.165) is 0 Å². The van der Waals surface area contributed by atoms with E-state index in [9.17, 15) is 39.9 Å². The molecule has 0 aliphatic rings. The van der Waals surface area contributed by atoms with Gasteiger partial charge in [-0.25, -0.2) is 13.6 Å². The van der Waals surface area contributed by atoms with Crippen molar-refractivity contribution in [1.82, 2.24) is 0 Å². The smallest absolute Gasteiger partial charge is 0.395 e. The Morgan fingerprint density at radius 1 is 0.789 bits per heavy atom. The first-order chi connectivity index (χ1) is 7.94. The van der Waals surface area contributed by atoms with E-state index in [2.05, 4.69) is 34.8 Å². The van der Waals surface area contributed by atoms with Crippen LogP contribution in [0.15, 0.2) is 0 Å². The fraction of sp³-hybridized carbons (Fsp3) is 0.833.